The molecular formula is C13H18N2OS. The molecule has 1 aromatic carbocycles. The average Bonchev–Trinajstić information content (AvgIpc) is 2.28. The summed E-state index contributed by atoms with van der Waals surface area (Å²) < 4.78 is 0. The second-order valence-corrected chi connectivity index (χ2v) is 4.87. The van der Waals surface area contributed by atoms with Crippen LogP contribution in [0.1, 0.15) is 32.6 Å². The van der Waals surface area contributed by atoms with E-state index >= 15 is 0 Å². The van der Waals surface area contributed by atoms with E-state index in [-0.39, 0.29) is 5.78 Å². The van der Waals surface area contributed by atoms with Crippen LogP contribution < -0.4 is 5.84 Å². The Labute approximate surface area is 106 Å². The lowest BCUT2D eigenvalue weighted by atomic mass is 9.92. The molecular weight excluding hydrogens is 232 g/mol. The predicted octanol–water partition coefficient (Wildman–Crippen LogP) is 2.77. The molecule has 1 rings (SSSR count). The van der Waals surface area contributed by atoms with Gasteiger partial charge in [0, 0.05) is 10.5 Å². The summed E-state index contributed by atoms with van der Waals surface area (Å²) in [6, 6.07) is 0. The van der Waals surface area contributed by atoms with Gasteiger partial charge in [-0.3, -0.25) is 4.79 Å². The molecule has 0 aromatic heterocycles. The third-order valence-electron chi connectivity index (χ3n) is 3.20. The summed E-state index contributed by atoms with van der Waals surface area (Å²) in [4.78, 5) is 13.2. The maximum Gasteiger partial charge on any atom is 0.206 e. The molecule has 0 saturated heterocycles. The standard InChI is InChI=1S/C13H18N2OS/c1-7-9(3)13(17-5)10(4)8(2)12(7)11(16)6-15-14/h6H,14H2,1-5H3/b15-6+. The zero-order valence-corrected chi connectivity index (χ0v) is 11.7. The fourth-order valence-electron chi connectivity index (χ4n) is 2.09. The SMILES string of the molecule is CSc1c(C)c(C)c(C(=O)/C=N/N)c(C)c1C. The Kier molecular flexibility index (Phi) is 4.34. The molecule has 2 N–H and O–H groups in total. The monoisotopic (exact) mass is 250 g/mol. The zero-order chi connectivity index (χ0) is 13.2. The van der Waals surface area contributed by atoms with Gasteiger partial charge < -0.3 is 5.84 Å². The number of ketones is 1. The van der Waals surface area contributed by atoms with E-state index < -0.39 is 0 Å². The van der Waals surface area contributed by atoms with E-state index in [0.717, 1.165) is 27.8 Å². The van der Waals surface area contributed by atoms with Crippen LogP contribution in [0.2, 0.25) is 0 Å². The van der Waals surface area contributed by atoms with Crippen molar-refractivity contribution in [2.75, 3.05) is 6.26 Å². The van der Waals surface area contributed by atoms with Crippen molar-refractivity contribution < 1.29 is 4.79 Å². The first kappa shape index (κ1) is 13.8. The highest BCUT2D eigenvalue weighted by molar-refractivity contribution is 7.98. The van der Waals surface area contributed by atoms with E-state index in [1.165, 1.54) is 11.1 Å². The van der Waals surface area contributed by atoms with Crippen molar-refractivity contribution in [3.63, 3.8) is 0 Å². The first-order valence-corrected chi connectivity index (χ1v) is 6.60. The van der Waals surface area contributed by atoms with Gasteiger partial charge in [-0.15, -0.1) is 11.8 Å². The van der Waals surface area contributed by atoms with Crippen molar-refractivity contribution in [3.8, 4) is 0 Å². The molecule has 0 aliphatic heterocycles. The van der Waals surface area contributed by atoms with Gasteiger partial charge >= 0.3 is 0 Å². The van der Waals surface area contributed by atoms with Crippen LogP contribution in [0, 0.1) is 27.7 Å². The van der Waals surface area contributed by atoms with Gasteiger partial charge in [-0.25, -0.2) is 0 Å². The molecule has 0 aliphatic rings. The second-order valence-electron chi connectivity index (χ2n) is 4.05. The van der Waals surface area contributed by atoms with Crippen molar-refractivity contribution in [2.45, 2.75) is 32.6 Å². The van der Waals surface area contributed by atoms with Gasteiger partial charge in [-0.05, 0) is 56.2 Å². The van der Waals surface area contributed by atoms with Gasteiger partial charge in [0.05, 0.1) is 6.21 Å². The van der Waals surface area contributed by atoms with Gasteiger partial charge in [0.1, 0.15) is 0 Å². The molecule has 17 heavy (non-hydrogen) atoms. The molecule has 0 aliphatic carbocycles. The number of carbonyl (C=O) groups is 1. The average molecular weight is 250 g/mol. The summed E-state index contributed by atoms with van der Waals surface area (Å²) in [5, 5.41) is 3.32. The fourth-order valence-corrected chi connectivity index (χ4v) is 3.00. The van der Waals surface area contributed by atoms with Crippen LogP contribution >= 0.6 is 11.8 Å². The second kappa shape index (κ2) is 5.36. The minimum absolute atomic E-state index is 0.124. The summed E-state index contributed by atoms with van der Waals surface area (Å²) in [7, 11) is 0. The number of thioether (sulfide) groups is 1. The highest BCUT2D eigenvalue weighted by Gasteiger charge is 2.18. The molecule has 0 atom stereocenters. The maximum absolute atomic E-state index is 12.0. The molecule has 4 heteroatoms. The van der Waals surface area contributed by atoms with E-state index in [2.05, 4.69) is 11.4 Å². The van der Waals surface area contributed by atoms with Gasteiger partial charge in [0.25, 0.3) is 0 Å². The Hall–Kier alpha value is -1.29. The molecule has 92 valence electrons. The number of hydrazone groups is 1. The summed E-state index contributed by atoms with van der Waals surface area (Å²) in [5.41, 5.74) is 5.08. The minimum Gasteiger partial charge on any atom is -0.323 e. The van der Waals surface area contributed by atoms with Crippen molar-refractivity contribution in [3.05, 3.63) is 27.8 Å². The maximum atomic E-state index is 12.0. The van der Waals surface area contributed by atoms with Crippen molar-refractivity contribution in [2.24, 2.45) is 10.9 Å². The number of hydrogen-bond donors (Lipinski definition) is 1. The summed E-state index contributed by atoms with van der Waals surface area (Å²) in [6.07, 6.45) is 3.23. The van der Waals surface area contributed by atoms with Crippen molar-refractivity contribution in [1.82, 2.24) is 0 Å². The zero-order valence-electron chi connectivity index (χ0n) is 10.9. The Bertz CT molecular complexity index is 464. The first-order valence-electron chi connectivity index (χ1n) is 5.37. The Morgan fingerprint density at radius 3 is 1.94 bits per heavy atom. The lowest BCUT2D eigenvalue weighted by molar-refractivity contribution is 0.106. The van der Waals surface area contributed by atoms with E-state index in [1.807, 2.05) is 27.7 Å². The molecule has 3 nitrogen and oxygen atoms in total. The van der Waals surface area contributed by atoms with E-state index in [0.29, 0.717) is 0 Å². The van der Waals surface area contributed by atoms with Gasteiger partial charge in [-0.2, -0.15) is 5.10 Å². The fraction of sp³-hybridized carbons (Fsp3) is 0.385. The van der Waals surface area contributed by atoms with Crippen LogP contribution in [0.15, 0.2) is 10.00 Å². The number of benzene rings is 1. The van der Waals surface area contributed by atoms with Crippen molar-refractivity contribution >= 4 is 23.8 Å². The summed E-state index contributed by atoms with van der Waals surface area (Å²) >= 11 is 1.71. The molecule has 0 bridgehead atoms. The number of nitrogens with zero attached hydrogens (tertiary/aromatic N) is 1. The predicted molar refractivity (Wildman–Crippen MR) is 74.2 cm³/mol. The molecule has 1 aromatic rings. The van der Waals surface area contributed by atoms with E-state index in [9.17, 15) is 4.79 Å². The van der Waals surface area contributed by atoms with E-state index in [1.54, 1.807) is 11.8 Å². The molecule has 0 spiro atoms. The van der Waals surface area contributed by atoms with Crippen LogP contribution in [0.4, 0.5) is 0 Å². The normalized spacial score (nSPS) is 11.1. The Morgan fingerprint density at radius 2 is 1.59 bits per heavy atom. The third-order valence-corrected chi connectivity index (χ3v) is 4.22. The van der Waals surface area contributed by atoms with Gasteiger partial charge in [-0.1, -0.05) is 0 Å². The molecule has 0 unspecified atom stereocenters. The highest BCUT2D eigenvalue weighted by Crippen LogP contribution is 2.32. The van der Waals surface area contributed by atoms with Crippen molar-refractivity contribution in [1.29, 1.82) is 0 Å². The molecule has 0 radical (unpaired) electrons. The van der Waals surface area contributed by atoms with Crippen LogP contribution in [-0.4, -0.2) is 18.3 Å². The Morgan fingerprint density at radius 1 is 1.12 bits per heavy atom. The number of rotatable bonds is 3. The molecule has 0 fully saturated rings. The van der Waals surface area contributed by atoms with Gasteiger partial charge in [0.2, 0.25) is 5.78 Å². The van der Waals surface area contributed by atoms with E-state index in [4.69, 9.17) is 5.84 Å². The first-order chi connectivity index (χ1) is 7.95. The van der Waals surface area contributed by atoms with Crippen LogP contribution in [0.25, 0.3) is 0 Å². The number of Topliss-reactive ketones (excluding diaryl/α,β-unsaturated/α-hetero) is 1. The van der Waals surface area contributed by atoms with Crippen LogP contribution in [-0.2, 0) is 0 Å². The molecule has 0 heterocycles. The summed E-state index contributed by atoms with van der Waals surface area (Å²) in [6.45, 7) is 8.03. The lowest BCUT2D eigenvalue weighted by Crippen LogP contribution is -2.10. The topological polar surface area (TPSA) is 55.5 Å². The largest absolute Gasteiger partial charge is 0.323 e. The number of nitrogens with two attached hydrogens (primary N) is 1. The Balaban J connectivity index is 3.59. The number of carbonyl (C=O) groups excluding carboxylic acids is 1. The molecule has 0 saturated carbocycles. The lowest BCUT2D eigenvalue weighted by Gasteiger charge is -2.17. The minimum atomic E-state index is -0.124. The quantitative estimate of drug-likeness (QED) is 0.295. The van der Waals surface area contributed by atoms with Crippen LogP contribution in [0.3, 0.4) is 0 Å². The number of hydrogen-bond acceptors (Lipinski definition) is 4. The molecule has 0 amide bonds. The van der Waals surface area contributed by atoms with Gasteiger partial charge in [0.15, 0.2) is 0 Å². The highest BCUT2D eigenvalue weighted by atomic mass is 32.2. The smallest absolute Gasteiger partial charge is 0.206 e. The summed E-state index contributed by atoms with van der Waals surface area (Å²) in [5.74, 6) is 4.92. The third kappa shape index (κ3) is 2.36. The van der Waals surface area contributed by atoms with Crippen LogP contribution in [0.5, 0.6) is 0 Å².